The van der Waals surface area contributed by atoms with Crippen molar-refractivity contribution in [1.82, 2.24) is 4.57 Å². The molecule has 300 valence electrons. The second kappa shape index (κ2) is 15.0. The molecule has 0 saturated carbocycles. The summed E-state index contributed by atoms with van der Waals surface area (Å²) in [4.78, 5) is 2.52. The molecule has 0 aliphatic heterocycles. The summed E-state index contributed by atoms with van der Waals surface area (Å²) < 4.78 is 7.53. The maximum Gasteiger partial charge on any atom is 0.0555 e. The summed E-state index contributed by atoms with van der Waals surface area (Å²) >= 11 is 3.76. The van der Waals surface area contributed by atoms with E-state index in [1.165, 1.54) is 95.5 Å². The summed E-state index contributed by atoms with van der Waals surface area (Å²) in [6.45, 7) is 0. The Labute approximate surface area is 378 Å². The van der Waals surface area contributed by atoms with E-state index >= 15 is 0 Å². The molecule has 4 heteroatoms. The number of fused-ring (bicyclic) bond motifs is 9. The van der Waals surface area contributed by atoms with Crippen molar-refractivity contribution >= 4 is 102 Å². The molecule has 0 unspecified atom stereocenters. The van der Waals surface area contributed by atoms with E-state index in [1.54, 1.807) is 0 Å². The smallest absolute Gasteiger partial charge is 0.0555 e. The van der Waals surface area contributed by atoms with Crippen LogP contribution in [0.3, 0.4) is 0 Å². The van der Waals surface area contributed by atoms with Gasteiger partial charge in [0.15, 0.2) is 0 Å². The van der Waals surface area contributed by atoms with E-state index in [4.69, 9.17) is 0 Å². The third-order valence-corrected chi connectivity index (χ3v) is 15.1. The Kier molecular flexibility index (Phi) is 8.61. The lowest BCUT2D eigenvalue weighted by atomic mass is 9.98. The molecule has 0 bridgehead atoms. The quantitative estimate of drug-likeness (QED) is 0.155. The van der Waals surface area contributed by atoms with Crippen LogP contribution >= 0.6 is 22.7 Å². The van der Waals surface area contributed by atoms with Crippen LogP contribution in [0, 0.1) is 0 Å². The number of nitrogens with zero attached hydrogens (tertiary/aromatic N) is 2. The van der Waals surface area contributed by atoms with Gasteiger partial charge in [-0.1, -0.05) is 152 Å². The minimum absolute atomic E-state index is 1.11. The minimum atomic E-state index is 1.11. The number of rotatable bonds is 7. The van der Waals surface area contributed by atoms with E-state index < -0.39 is 0 Å². The fourth-order valence-electron chi connectivity index (χ4n) is 9.80. The zero-order chi connectivity index (χ0) is 42.1. The van der Waals surface area contributed by atoms with Gasteiger partial charge >= 0.3 is 0 Å². The zero-order valence-electron chi connectivity index (χ0n) is 34.7. The average Bonchev–Trinajstić information content (AvgIpc) is 4.04. The highest BCUT2D eigenvalue weighted by Gasteiger charge is 2.24. The highest BCUT2D eigenvalue weighted by Crippen LogP contribution is 2.50. The lowest BCUT2D eigenvalue weighted by Crippen LogP contribution is -2.10. The van der Waals surface area contributed by atoms with Crippen molar-refractivity contribution in [3.63, 3.8) is 0 Å². The third kappa shape index (κ3) is 5.99. The standard InChI is InChI=1S/C60H38N2S2/c1-5-15-39(16-6-1)42-26-33-56-51(35-42)52-38-46(28-34-57(52)63-56)61(45-27-31-54-50(37-45)48-23-13-14-24-53(48)62(54)44-21-11-4-12-22-44)55-32-30-47(41-19-9-3-10-20-41)60-59(55)49-29-25-43(36-58(49)64-60)40-17-7-2-8-18-40/h1-38H. The number of benzene rings is 10. The monoisotopic (exact) mass is 850 g/mol. The molecule has 0 amide bonds. The molecular formula is C60H38N2S2. The summed E-state index contributed by atoms with van der Waals surface area (Å²) in [6.07, 6.45) is 0. The van der Waals surface area contributed by atoms with Crippen molar-refractivity contribution in [1.29, 1.82) is 0 Å². The summed E-state index contributed by atoms with van der Waals surface area (Å²) in [7, 11) is 0. The van der Waals surface area contributed by atoms with E-state index in [2.05, 4.69) is 240 Å². The van der Waals surface area contributed by atoms with Crippen molar-refractivity contribution in [2.24, 2.45) is 0 Å². The topological polar surface area (TPSA) is 8.17 Å². The molecule has 0 spiro atoms. The second-order valence-electron chi connectivity index (χ2n) is 16.5. The van der Waals surface area contributed by atoms with Crippen LogP contribution in [0.1, 0.15) is 0 Å². The van der Waals surface area contributed by atoms with Crippen molar-refractivity contribution in [2.75, 3.05) is 4.90 Å². The molecule has 0 radical (unpaired) electrons. The first-order valence-electron chi connectivity index (χ1n) is 21.7. The molecule has 0 N–H and O–H groups in total. The van der Waals surface area contributed by atoms with Crippen molar-refractivity contribution < 1.29 is 0 Å². The van der Waals surface area contributed by atoms with Crippen LogP contribution < -0.4 is 4.90 Å². The first-order valence-corrected chi connectivity index (χ1v) is 23.4. The van der Waals surface area contributed by atoms with Crippen LogP contribution in [0.25, 0.3) is 101 Å². The predicted molar refractivity (Wildman–Crippen MR) is 278 cm³/mol. The zero-order valence-corrected chi connectivity index (χ0v) is 36.3. The van der Waals surface area contributed by atoms with Gasteiger partial charge in [-0.3, -0.25) is 0 Å². The van der Waals surface area contributed by atoms with E-state index in [-0.39, 0.29) is 0 Å². The van der Waals surface area contributed by atoms with E-state index in [0.29, 0.717) is 0 Å². The van der Waals surface area contributed by atoms with E-state index in [0.717, 1.165) is 22.7 Å². The van der Waals surface area contributed by atoms with E-state index in [9.17, 15) is 0 Å². The fourth-order valence-corrected chi connectivity index (χ4v) is 12.2. The molecule has 3 heterocycles. The molecule has 0 aliphatic carbocycles. The second-order valence-corrected chi connectivity index (χ2v) is 18.6. The molecule has 2 nitrogen and oxygen atoms in total. The van der Waals surface area contributed by atoms with Gasteiger partial charge in [0.1, 0.15) is 0 Å². The van der Waals surface area contributed by atoms with Crippen molar-refractivity contribution in [3.8, 4) is 39.1 Å². The Morgan fingerprint density at radius 2 is 0.891 bits per heavy atom. The number of aromatic nitrogens is 1. The van der Waals surface area contributed by atoms with Crippen molar-refractivity contribution in [3.05, 3.63) is 231 Å². The van der Waals surface area contributed by atoms with Gasteiger partial charge in [-0.25, -0.2) is 0 Å². The van der Waals surface area contributed by atoms with Crippen molar-refractivity contribution in [2.45, 2.75) is 0 Å². The lowest BCUT2D eigenvalue weighted by Gasteiger charge is -2.27. The normalized spacial score (nSPS) is 11.8. The van der Waals surface area contributed by atoms with Gasteiger partial charge < -0.3 is 9.47 Å². The number of thiophene rings is 2. The molecule has 3 aromatic heterocycles. The summed E-state index contributed by atoms with van der Waals surface area (Å²) in [5, 5.41) is 7.51. The highest BCUT2D eigenvalue weighted by atomic mass is 32.1. The van der Waals surface area contributed by atoms with Gasteiger partial charge in [0.05, 0.1) is 16.7 Å². The van der Waals surface area contributed by atoms with Gasteiger partial charge in [-0.15, -0.1) is 22.7 Å². The molecule has 13 rings (SSSR count). The number of para-hydroxylation sites is 2. The number of anilines is 3. The number of hydrogen-bond acceptors (Lipinski definition) is 3. The molecule has 0 aliphatic rings. The molecular weight excluding hydrogens is 813 g/mol. The maximum atomic E-state index is 2.52. The molecule has 13 aromatic rings. The largest absolute Gasteiger partial charge is 0.310 e. The van der Waals surface area contributed by atoms with Crippen LogP contribution in [0.4, 0.5) is 17.1 Å². The maximum absolute atomic E-state index is 2.52. The summed E-state index contributed by atoms with van der Waals surface area (Å²) in [6, 6.07) is 84.7. The molecule has 10 aromatic carbocycles. The Hall–Kier alpha value is -7.76. The van der Waals surface area contributed by atoms with Gasteiger partial charge in [0.25, 0.3) is 0 Å². The molecule has 0 fully saturated rings. The third-order valence-electron chi connectivity index (χ3n) is 12.8. The Balaban J connectivity index is 1.10. The highest BCUT2D eigenvalue weighted by molar-refractivity contribution is 7.26. The fraction of sp³-hybridized carbons (Fsp3) is 0. The Bertz CT molecular complexity index is 3880. The van der Waals surface area contributed by atoms with Crippen LogP contribution in [0.2, 0.25) is 0 Å². The van der Waals surface area contributed by atoms with Gasteiger partial charge in [0.2, 0.25) is 0 Å². The predicted octanol–water partition coefficient (Wildman–Crippen LogP) is 18.0. The van der Waals surface area contributed by atoms with Crippen LogP contribution in [-0.4, -0.2) is 4.57 Å². The Morgan fingerprint density at radius 1 is 0.328 bits per heavy atom. The molecule has 64 heavy (non-hydrogen) atoms. The lowest BCUT2D eigenvalue weighted by molar-refractivity contribution is 1.18. The SMILES string of the molecule is c1ccc(-c2ccc3c(c2)sc2c(-c4ccccc4)ccc(N(c4ccc5sc6ccc(-c7ccccc7)cc6c5c4)c4ccc5c(c4)c4ccccc4n5-c4ccccc4)c23)cc1. The van der Waals surface area contributed by atoms with Gasteiger partial charge in [-0.2, -0.15) is 0 Å². The van der Waals surface area contributed by atoms with Gasteiger partial charge in [-0.05, 0) is 112 Å². The van der Waals surface area contributed by atoms with Gasteiger partial charge in [0, 0.05) is 68.2 Å². The van der Waals surface area contributed by atoms with Crippen LogP contribution in [-0.2, 0) is 0 Å². The first kappa shape index (κ1) is 36.9. The molecule has 0 saturated heterocycles. The minimum Gasteiger partial charge on any atom is -0.310 e. The van der Waals surface area contributed by atoms with E-state index in [1.807, 2.05) is 22.7 Å². The first-order chi connectivity index (χ1) is 31.7. The number of hydrogen-bond donors (Lipinski definition) is 0. The van der Waals surface area contributed by atoms with Crippen LogP contribution in [0.5, 0.6) is 0 Å². The Morgan fingerprint density at radius 3 is 1.62 bits per heavy atom. The summed E-state index contributed by atoms with van der Waals surface area (Å²) in [5.41, 5.74) is 14.3. The van der Waals surface area contributed by atoms with Crippen LogP contribution in [0.15, 0.2) is 231 Å². The average molecular weight is 851 g/mol. The summed E-state index contributed by atoms with van der Waals surface area (Å²) in [5.74, 6) is 0. The molecule has 0 atom stereocenters.